The van der Waals surface area contributed by atoms with Crippen molar-refractivity contribution >= 4 is 22.5 Å². The van der Waals surface area contributed by atoms with Crippen molar-refractivity contribution in [3.8, 4) is 0 Å². The maximum absolute atomic E-state index is 11.6. The van der Waals surface area contributed by atoms with E-state index in [1.54, 1.807) is 6.20 Å². The van der Waals surface area contributed by atoms with E-state index in [0.717, 1.165) is 16.6 Å². The van der Waals surface area contributed by atoms with Crippen molar-refractivity contribution in [1.82, 2.24) is 10.2 Å². The lowest BCUT2D eigenvalue weighted by molar-refractivity contribution is -0.117. The van der Waals surface area contributed by atoms with Crippen molar-refractivity contribution in [3.63, 3.8) is 0 Å². The van der Waals surface area contributed by atoms with Gasteiger partial charge in [-0.05, 0) is 24.6 Å². The molecule has 0 radical (unpaired) electrons. The van der Waals surface area contributed by atoms with Crippen molar-refractivity contribution in [2.75, 3.05) is 5.32 Å². The van der Waals surface area contributed by atoms with E-state index < -0.39 is 6.04 Å². The fraction of sp³-hybridized carbons (Fsp3) is 0.273. The third-order valence-corrected chi connectivity index (χ3v) is 2.49. The maximum Gasteiger partial charge on any atom is 0.241 e. The number of nitrogens with one attached hydrogen (secondary N) is 2. The Morgan fingerprint density at radius 3 is 3.19 bits per heavy atom. The fourth-order valence-corrected chi connectivity index (χ4v) is 1.44. The molecule has 1 aromatic heterocycles. The van der Waals surface area contributed by atoms with Crippen molar-refractivity contribution in [1.29, 1.82) is 0 Å². The molecule has 0 saturated heterocycles. The minimum absolute atomic E-state index is 0.165. The first kappa shape index (κ1) is 10.6. The van der Waals surface area contributed by atoms with Gasteiger partial charge in [-0.25, -0.2) is 0 Å². The van der Waals surface area contributed by atoms with Crippen LogP contribution in [0.3, 0.4) is 0 Å². The molecule has 1 amide bonds. The fourth-order valence-electron chi connectivity index (χ4n) is 1.44. The van der Waals surface area contributed by atoms with Crippen molar-refractivity contribution in [3.05, 3.63) is 24.4 Å². The standard InChI is InChI=1S/C11H14N4O/c1-2-9(12)11(16)14-8-4-3-7-6-13-15-10(7)5-8/h3-6,9H,2,12H2,1H3,(H,13,15)(H,14,16). The molecule has 0 aliphatic carbocycles. The lowest BCUT2D eigenvalue weighted by Gasteiger charge is -2.09. The van der Waals surface area contributed by atoms with Crippen molar-refractivity contribution in [2.45, 2.75) is 19.4 Å². The summed E-state index contributed by atoms with van der Waals surface area (Å²) in [6.07, 6.45) is 2.36. The number of benzene rings is 1. The van der Waals surface area contributed by atoms with Crippen LogP contribution in [0.1, 0.15) is 13.3 Å². The minimum Gasteiger partial charge on any atom is -0.325 e. The summed E-state index contributed by atoms with van der Waals surface area (Å²) in [5.41, 5.74) is 7.24. The van der Waals surface area contributed by atoms with E-state index in [4.69, 9.17) is 5.73 Å². The Kier molecular flexibility index (Phi) is 2.87. The summed E-state index contributed by atoms with van der Waals surface area (Å²) in [4.78, 5) is 11.6. The molecule has 5 heteroatoms. The number of fused-ring (bicyclic) bond motifs is 1. The number of anilines is 1. The first-order valence-corrected chi connectivity index (χ1v) is 5.20. The zero-order chi connectivity index (χ0) is 11.5. The smallest absolute Gasteiger partial charge is 0.241 e. The van der Waals surface area contributed by atoms with Crippen LogP contribution < -0.4 is 11.1 Å². The number of H-pyrrole nitrogens is 1. The van der Waals surface area contributed by atoms with Crippen LogP contribution in [0.15, 0.2) is 24.4 Å². The average molecular weight is 218 g/mol. The quantitative estimate of drug-likeness (QED) is 0.724. The van der Waals surface area contributed by atoms with Gasteiger partial charge in [0.25, 0.3) is 0 Å². The molecule has 0 aliphatic rings. The summed E-state index contributed by atoms with van der Waals surface area (Å²) in [5.74, 6) is -0.165. The highest BCUT2D eigenvalue weighted by atomic mass is 16.2. The van der Waals surface area contributed by atoms with Crippen LogP contribution in [-0.4, -0.2) is 22.1 Å². The highest BCUT2D eigenvalue weighted by Gasteiger charge is 2.10. The molecule has 5 nitrogen and oxygen atoms in total. The topological polar surface area (TPSA) is 83.8 Å². The number of carbonyl (C=O) groups is 1. The number of hydrogen-bond acceptors (Lipinski definition) is 3. The van der Waals surface area contributed by atoms with Crippen molar-refractivity contribution < 1.29 is 4.79 Å². The molecule has 84 valence electrons. The first-order chi connectivity index (χ1) is 7.70. The Bertz CT molecular complexity index is 505. The average Bonchev–Trinajstić information content (AvgIpc) is 2.75. The predicted molar refractivity (Wildman–Crippen MR) is 63.0 cm³/mol. The molecule has 16 heavy (non-hydrogen) atoms. The third kappa shape index (κ3) is 2.04. The van der Waals surface area contributed by atoms with E-state index in [1.807, 2.05) is 25.1 Å². The largest absolute Gasteiger partial charge is 0.325 e. The molecule has 0 spiro atoms. The maximum atomic E-state index is 11.6. The number of amides is 1. The van der Waals surface area contributed by atoms with Crippen LogP contribution in [0, 0.1) is 0 Å². The van der Waals surface area contributed by atoms with Gasteiger partial charge in [0.1, 0.15) is 0 Å². The van der Waals surface area contributed by atoms with Crippen LogP contribution in [0.4, 0.5) is 5.69 Å². The molecule has 1 heterocycles. The van der Waals surface area contributed by atoms with Gasteiger partial charge < -0.3 is 11.1 Å². The van der Waals surface area contributed by atoms with Crippen LogP contribution >= 0.6 is 0 Å². The molecular formula is C11H14N4O. The van der Waals surface area contributed by atoms with Gasteiger partial charge >= 0.3 is 0 Å². The molecule has 0 bridgehead atoms. The number of nitrogens with zero attached hydrogens (tertiary/aromatic N) is 1. The Morgan fingerprint density at radius 1 is 1.62 bits per heavy atom. The molecule has 0 saturated carbocycles. The Labute approximate surface area is 93.0 Å². The molecular weight excluding hydrogens is 204 g/mol. The van der Waals surface area contributed by atoms with E-state index in [-0.39, 0.29) is 5.91 Å². The Hall–Kier alpha value is -1.88. The summed E-state index contributed by atoms with van der Waals surface area (Å²) >= 11 is 0. The minimum atomic E-state index is -0.461. The molecule has 0 fully saturated rings. The number of aromatic amines is 1. The SMILES string of the molecule is CCC(N)C(=O)Nc1ccc2cn[nH]c2c1. The summed E-state index contributed by atoms with van der Waals surface area (Å²) in [7, 11) is 0. The second-order valence-corrected chi connectivity index (χ2v) is 3.68. The van der Waals surface area contributed by atoms with Gasteiger partial charge in [0.05, 0.1) is 17.8 Å². The predicted octanol–water partition coefficient (Wildman–Crippen LogP) is 1.24. The number of nitrogens with two attached hydrogens (primary N) is 1. The first-order valence-electron chi connectivity index (χ1n) is 5.20. The van der Waals surface area contributed by atoms with Crippen LogP contribution in [0.2, 0.25) is 0 Å². The molecule has 4 N–H and O–H groups in total. The van der Waals surface area contributed by atoms with Gasteiger partial charge in [-0.1, -0.05) is 6.92 Å². The van der Waals surface area contributed by atoms with E-state index >= 15 is 0 Å². The van der Waals surface area contributed by atoms with E-state index in [9.17, 15) is 4.79 Å². The number of hydrogen-bond donors (Lipinski definition) is 3. The van der Waals surface area contributed by atoms with Crippen molar-refractivity contribution in [2.24, 2.45) is 5.73 Å². The molecule has 0 aliphatic heterocycles. The highest BCUT2D eigenvalue weighted by molar-refractivity contribution is 5.96. The lowest BCUT2D eigenvalue weighted by atomic mass is 10.2. The zero-order valence-corrected chi connectivity index (χ0v) is 9.03. The van der Waals surface area contributed by atoms with Gasteiger partial charge in [0.15, 0.2) is 0 Å². The monoisotopic (exact) mass is 218 g/mol. The van der Waals surface area contributed by atoms with Crippen LogP contribution in [0.25, 0.3) is 10.9 Å². The van der Waals surface area contributed by atoms with Gasteiger partial charge in [-0.3, -0.25) is 9.89 Å². The number of carbonyl (C=O) groups excluding carboxylic acids is 1. The van der Waals surface area contributed by atoms with Gasteiger partial charge in [-0.2, -0.15) is 5.10 Å². The normalized spacial score (nSPS) is 12.6. The Balaban J connectivity index is 2.17. The second-order valence-electron chi connectivity index (χ2n) is 3.68. The summed E-state index contributed by atoms with van der Waals surface area (Å²) in [5, 5.41) is 10.5. The molecule has 1 aromatic carbocycles. The van der Waals surface area contributed by atoms with Gasteiger partial charge in [0.2, 0.25) is 5.91 Å². The van der Waals surface area contributed by atoms with Crippen LogP contribution in [-0.2, 0) is 4.79 Å². The van der Waals surface area contributed by atoms with E-state index in [1.165, 1.54) is 0 Å². The summed E-state index contributed by atoms with van der Waals surface area (Å²) in [6.45, 7) is 1.88. The molecule has 1 unspecified atom stereocenters. The van der Waals surface area contributed by atoms with E-state index in [0.29, 0.717) is 6.42 Å². The third-order valence-electron chi connectivity index (χ3n) is 2.49. The second kappa shape index (κ2) is 4.32. The van der Waals surface area contributed by atoms with Crippen LogP contribution in [0.5, 0.6) is 0 Å². The number of rotatable bonds is 3. The summed E-state index contributed by atoms with van der Waals surface area (Å²) < 4.78 is 0. The van der Waals surface area contributed by atoms with E-state index in [2.05, 4.69) is 15.5 Å². The van der Waals surface area contributed by atoms with Gasteiger partial charge in [0, 0.05) is 11.1 Å². The zero-order valence-electron chi connectivity index (χ0n) is 9.03. The highest BCUT2D eigenvalue weighted by Crippen LogP contribution is 2.16. The number of aromatic nitrogens is 2. The van der Waals surface area contributed by atoms with Gasteiger partial charge in [-0.15, -0.1) is 0 Å². The molecule has 2 rings (SSSR count). The Morgan fingerprint density at radius 2 is 2.44 bits per heavy atom. The summed E-state index contributed by atoms with van der Waals surface area (Å²) in [6, 6.07) is 5.10. The lowest BCUT2D eigenvalue weighted by Crippen LogP contribution is -2.34. The molecule has 1 atom stereocenters. The molecule has 2 aromatic rings.